The third-order valence-corrected chi connectivity index (χ3v) is 8.50. The molecule has 2 bridgehead atoms. The van der Waals surface area contributed by atoms with E-state index < -0.39 is 5.82 Å². The summed E-state index contributed by atoms with van der Waals surface area (Å²) < 4.78 is 21.3. The molecular formula is C27H30FN7O. The number of aromatic nitrogens is 4. The molecule has 1 aromatic carbocycles. The van der Waals surface area contributed by atoms with Gasteiger partial charge in [-0.1, -0.05) is 0 Å². The van der Waals surface area contributed by atoms with Crippen molar-refractivity contribution in [3.05, 3.63) is 48.8 Å². The van der Waals surface area contributed by atoms with Crippen molar-refractivity contribution in [1.29, 1.82) is 0 Å². The maximum Gasteiger partial charge on any atom is 0.167 e. The lowest BCUT2D eigenvalue weighted by Gasteiger charge is -2.42. The number of piperidine rings is 1. The van der Waals surface area contributed by atoms with Crippen LogP contribution in [-0.2, 0) is 0 Å². The fourth-order valence-corrected chi connectivity index (χ4v) is 6.56. The second-order valence-corrected chi connectivity index (χ2v) is 10.4. The van der Waals surface area contributed by atoms with Gasteiger partial charge in [-0.25, -0.2) is 13.9 Å². The van der Waals surface area contributed by atoms with E-state index in [1.54, 1.807) is 12.3 Å². The lowest BCUT2D eigenvalue weighted by atomic mass is 10.0. The fraction of sp³-hybridized carbons (Fsp3) is 0.444. The van der Waals surface area contributed by atoms with E-state index in [1.807, 2.05) is 23.0 Å². The van der Waals surface area contributed by atoms with Crippen molar-refractivity contribution in [3.8, 4) is 16.9 Å². The molecule has 186 valence electrons. The number of fused-ring (bicyclic) bond motifs is 4. The molecule has 6 heterocycles. The van der Waals surface area contributed by atoms with Gasteiger partial charge in [0.2, 0.25) is 0 Å². The molecule has 3 aromatic heterocycles. The Balaban J connectivity index is 1.13. The number of pyridine rings is 1. The molecule has 0 amide bonds. The van der Waals surface area contributed by atoms with Gasteiger partial charge in [-0.15, -0.1) is 0 Å². The third-order valence-electron chi connectivity index (χ3n) is 8.50. The van der Waals surface area contributed by atoms with Gasteiger partial charge in [0, 0.05) is 67.5 Å². The maximum atomic E-state index is 14.2. The summed E-state index contributed by atoms with van der Waals surface area (Å²) in [6.45, 7) is 4.53. The first kappa shape index (κ1) is 21.9. The predicted octanol–water partition coefficient (Wildman–Crippen LogP) is 3.45. The maximum absolute atomic E-state index is 14.2. The molecule has 0 unspecified atom stereocenters. The average Bonchev–Trinajstić information content (AvgIpc) is 3.61. The molecule has 0 N–H and O–H groups in total. The summed E-state index contributed by atoms with van der Waals surface area (Å²) in [5, 5.41) is 5.42. The van der Waals surface area contributed by atoms with E-state index >= 15 is 0 Å². The number of hydrogen-bond acceptors (Lipinski definition) is 7. The molecule has 3 aliphatic rings. The van der Waals surface area contributed by atoms with Crippen molar-refractivity contribution in [1.82, 2.24) is 29.4 Å². The second-order valence-electron chi connectivity index (χ2n) is 10.4. The minimum Gasteiger partial charge on any atom is -0.494 e. The van der Waals surface area contributed by atoms with Crippen LogP contribution >= 0.6 is 0 Å². The van der Waals surface area contributed by atoms with Gasteiger partial charge in [-0.05, 0) is 44.0 Å². The highest BCUT2D eigenvalue weighted by atomic mass is 19.1. The molecule has 8 nitrogen and oxygen atoms in total. The van der Waals surface area contributed by atoms with Crippen LogP contribution in [-0.4, -0.2) is 87.8 Å². The first-order chi connectivity index (χ1) is 17.6. The van der Waals surface area contributed by atoms with E-state index in [0.717, 1.165) is 53.0 Å². The number of nitrogens with zero attached hydrogens (tertiary/aromatic N) is 7. The van der Waals surface area contributed by atoms with Gasteiger partial charge < -0.3 is 14.5 Å². The molecule has 3 aliphatic heterocycles. The Labute approximate surface area is 209 Å². The summed E-state index contributed by atoms with van der Waals surface area (Å²) in [5.74, 6) is -0.230. The lowest BCUT2D eigenvalue weighted by molar-refractivity contribution is 0.0929. The minimum atomic E-state index is -0.425. The van der Waals surface area contributed by atoms with Gasteiger partial charge >= 0.3 is 0 Å². The molecule has 0 saturated carbocycles. The molecule has 2 atom stereocenters. The van der Waals surface area contributed by atoms with E-state index in [0.29, 0.717) is 11.6 Å². The molecule has 36 heavy (non-hydrogen) atoms. The largest absolute Gasteiger partial charge is 0.494 e. The van der Waals surface area contributed by atoms with Crippen LogP contribution in [0.15, 0.2) is 43.0 Å². The topological polar surface area (TPSA) is 62.0 Å². The highest BCUT2D eigenvalue weighted by Gasteiger charge is 2.44. The highest BCUT2D eigenvalue weighted by Crippen LogP contribution is 2.36. The van der Waals surface area contributed by atoms with E-state index in [2.05, 4.69) is 38.0 Å². The molecule has 0 spiro atoms. The summed E-state index contributed by atoms with van der Waals surface area (Å²) in [6, 6.07) is 7.21. The van der Waals surface area contributed by atoms with Crippen molar-refractivity contribution < 1.29 is 9.13 Å². The summed E-state index contributed by atoms with van der Waals surface area (Å²) in [6.07, 6.45) is 11.3. The van der Waals surface area contributed by atoms with E-state index in [9.17, 15) is 4.39 Å². The van der Waals surface area contributed by atoms with Crippen LogP contribution in [0.5, 0.6) is 5.75 Å². The van der Waals surface area contributed by atoms with Gasteiger partial charge in [0.25, 0.3) is 0 Å². The predicted molar refractivity (Wildman–Crippen MR) is 137 cm³/mol. The van der Waals surface area contributed by atoms with E-state index in [1.165, 1.54) is 45.5 Å². The fourth-order valence-electron chi connectivity index (χ4n) is 6.56. The van der Waals surface area contributed by atoms with Crippen LogP contribution in [0.1, 0.15) is 19.3 Å². The Morgan fingerprint density at radius 1 is 1.00 bits per heavy atom. The number of ether oxygens (including phenoxy) is 1. The van der Waals surface area contributed by atoms with Gasteiger partial charge in [-0.3, -0.25) is 9.88 Å². The smallest absolute Gasteiger partial charge is 0.167 e. The van der Waals surface area contributed by atoms with Gasteiger partial charge in [0.05, 0.1) is 36.9 Å². The average molecular weight is 488 g/mol. The highest BCUT2D eigenvalue weighted by molar-refractivity contribution is 5.98. The number of anilines is 1. The number of hydrogen-bond donors (Lipinski definition) is 0. The van der Waals surface area contributed by atoms with Crippen LogP contribution in [0, 0.1) is 5.82 Å². The molecule has 9 heteroatoms. The first-order valence-electron chi connectivity index (χ1n) is 12.8. The Morgan fingerprint density at radius 2 is 1.86 bits per heavy atom. The van der Waals surface area contributed by atoms with Crippen LogP contribution < -0.4 is 9.64 Å². The minimum absolute atomic E-state index is 0.195. The lowest BCUT2D eigenvalue weighted by Crippen LogP contribution is -2.52. The van der Waals surface area contributed by atoms with Crippen molar-refractivity contribution in [2.24, 2.45) is 0 Å². The number of methoxy groups -OCH3 is 1. The van der Waals surface area contributed by atoms with Crippen LogP contribution in [0.3, 0.4) is 0 Å². The molecule has 0 radical (unpaired) electrons. The molecule has 7 rings (SSSR count). The molecular weight excluding hydrogens is 457 g/mol. The number of rotatable bonds is 4. The third kappa shape index (κ3) is 3.44. The summed E-state index contributed by atoms with van der Waals surface area (Å²) in [4.78, 5) is 16.9. The molecule has 4 aromatic rings. The monoisotopic (exact) mass is 487 g/mol. The first-order valence-corrected chi connectivity index (χ1v) is 12.8. The summed E-state index contributed by atoms with van der Waals surface area (Å²) in [5.41, 5.74) is 4.22. The number of benzene rings is 1. The summed E-state index contributed by atoms with van der Waals surface area (Å²) in [7, 11) is 3.73. The van der Waals surface area contributed by atoms with Crippen LogP contribution in [0.4, 0.5) is 10.1 Å². The van der Waals surface area contributed by atoms with Crippen molar-refractivity contribution in [2.75, 3.05) is 45.2 Å². The normalized spacial score (nSPS) is 23.4. The Hall–Kier alpha value is -3.30. The van der Waals surface area contributed by atoms with Crippen molar-refractivity contribution in [3.63, 3.8) is 0 Å². The van der Waals surface area contributed by atoms with Gasteiger partial charge in [-0.2, -0.15) is 5.10 Å². The van der Waals surface area contributed by atoms with Crippen molar-refractivity contribution >= 4 is 22.2 Å². The summed E-state index contributed by atoms with van der Waals surface area (Å²) >= 11 is 0. The van der Waals surface area contributed by atoms with E-state index in [-0.39, 0.29) is 5.75 Å². The SMILES string of the molecule is COc1cc2c(-c3cnn4cc(N5CCC(N6C[C@@H]7C[C@H]6CN7C)CC5)cnc34)ccnc2cc1F. The number of piperazine rings is 1. The Morgan fingerprint density at radius 3 is 2.61 bits per heavy atom. The van der Waals surface area contributed by atoms with Crippen LogP contribution in [0.2, 0.25) is 0 Å². The zero-order chi connectivity index (χ0) is 24.4. The standard InChI is InChI=1S/C27H30FN7O/c1-32-14-19-9-18(32)15-34(19)17-4-7-33(8-5-17)20-12-30-27-23(13-31-35(27)16-20)21-3-6-29-25-11-24(28)26(36-2)10-22(21)25/h3,6,10-13,16-19H,4-5,7-9,14-15H2,1-2H3/t18-,19-/m0/s1. The van der Waals surface area contributed by atoms with Crippen LogP contribution in [0.25, 0.3) is 27.7 Å². The van der Waals surface area contributed by atoms with E-state index in [4.69, 9.17) is 9.72 Å². The Bertz CT molecular complexity index is 1450. The molecule has 0 aliphatic carbocycles. The molecule has 3 saturated heterocycles. The zero-order valence-electron chi connectivity index (χ0n) is 20.6. The number of likely N-dealkylation sites (tertiary alicyclic amines) is 2. The van der Waals surface area contributed by atoms with Crippen molar-refractivity contribution in [2.45, 2.75) is 37.4 Å². The zero-order valence-corrected chi connectivity index (χ0v) is 20.6. The number of likely N-dealkylation sites (N-methyl/N-ethyl adjacent to an activating group) is 1. The van der Waals surface area contributed by atoms with Gasteiger partial charge in [0.15, 0.2) is 17.2 Å². The van der Waals surface area contributed by atoms with Gasteiger partial charge in [0.1, 0.15) is 0 Å². The molecule has 3 fully saturated rings. The number of halogens is 1. The quantitative estimate of drug-likeness (QED) is 0.437. The Kier molecular flexibility index (Phi) is 5.11. The second kappa shape index (κ2) is 8.38.